The molecule has 0 fully saturated rings. The number of nitrogens with one attached hydrogen (secondary N) is 1. The van der Waals surface area contributed by atoms with Crippen LogP contribution in [0.5, 0.6) is 5.75 Å². The lowest BCUT2D eigenvalue weighted by Gasteiger charge is -2.24. The monoisotopic (exact) mass is 455 g/mol. The van der Waals surface area contributed by atoms with Crippen LogP contribution < -0.4 is 10.1 Å². The van der Waals surface area contributed by atoms with Crippen LogP contribution in [0.3, 0.4) is 0 Å². The molecule has 1 atom stereocenters. The van der Waals surface area contributed by atoms with Gasteiger partial charge in [-0.2, -0.15) is 13.2 Å². The maximum atomic E-state index is 13.5. The summed E-state index contributed by atoms with van der Waals surface area (Å²) in [6.45, 7) is 6.80. The van der Waals surface area contributed by atoms with Crippen LogP contribution in [0, 0.1) is 5.82 Å². The fraction of sp³-hybridized carbons (Fsp3) is 0.391. The van der Waals surface area contributed by atoms with Crippen LogP contribution in [0.1, 0.15) is 49.2 Å². The molecule has 0 aliphatic carbocycles. The lowest BCUT2D eigenvalue weighted by molar-refractivity contribution is -0.158. The minimum atomic E-state index is -4.76. The standard InChI is InChI=1S/C23H25F4NO4/c1-5-31-21(30)22(3,4)32-19-8-6-15(7-9-19)10-14(2)28-20(29)16-11-17(23(25,26)27)13-18(24)12-16/h6-9,11-14H,5,10H2,1-4H3,(H,28,29). The van der Waals surface area contributed by atoms with E-state index in [2.05, 4.69) is 5.32 Å². The molecule has 1 unspecified atom stereocenters. The van der Waals surface area contributed by atoms with Crippen LogP contribution in [0.15, 0.2) is 42.5 Å². The van der Waals surface area contributed by atoms with Crippen molar-refractivity contribution in [3.8, 4) is 5.75 Å². The van der Waals surface area contributed by atoms with Crippen molar-refractivity contribution in [3.63, 3.8) is 0 Å². The summed E-state index contributed by atoms with van der Waals surface area (Å²) in [5.41, 5.74) is -1.99. The lowest BCUT2D eigenvalue weighted by Crippen LogP contribution is -2.39. The third kappa shape index (κ3) is 6.96. The Labute approximate surface area is 183 Å². The maximum Gasteiger partial charge on any atom is 0.416 e. The van der Waals surface area contributed by atoms with Crippen molar-refractivity contribution in [1.82, 2.24) is 5.32 Å². The highest BCUT2D eigenvalue weighted by molar-refractivity contribution is 5.94. The minimum absolute atomic E-state index is 0.237. The second-order valence-electron chi connectivity index (χ2n) is 7.78. The molecule has 1 amide bonds. The highest BCUT2D eigenvalue weighted by Crippen LogP contribution is 2.30. The summed E-state index contributed by atoms with van der Waals surface area (Å²) >= 11 is 0. The molecule has 0 radical (unpaired) electrons. The van der Waals surface area contributed by atoms with E-state index in [0.717, 1.165) is 11.6 Å². The highest BCUT2D eigenvalue weighted by Gasteiger charge is 2.32. The van der Waals surface area contributed by atoms with E-state index in [-0.39, 0.29) is 6.61 Å². The van der Waals surface area contributed by atoms with Crippen LogP contribution in [0.25, 0.3) is 0 Å². The third-order valence-electron chi connectivity index (χ3n) is 4.47. The van der Waals surface area contributed by atoms with Crippen molar-refractivity contribution in [1.29, 1.82) is 0 Å². The summed E-state index contributed by atoms with van der Waals surface area (Å²) in [6, 6.07) is 8.07. The van der Waals surface area contributed by atoms with Gasteiger partial charge in [0.2, 0.25) is 0 Å². The van der Waals surface area contributed by atoms with Crippen molar-refractivity contribution in [3.05, 3.63) is 65.0 Å². The van der Waals surface area contributed by atoms with Crippen LogP contribution in [0.4, 0.5) is 17.6 Å². The Balaban J connectivity index is 2.00. The van der Waals surface area contributed by atoms with Gasteiger partial charge in [-0.05, 0) is 70.0 Å². The van der Waals surface area contributed by atoms with Gasteiger partial charge in [-0.25, -0.2) is 9.18 Å². The first kappa shape index (κ1) is 25.2. The average Bonchev–Trinajstić information content (AvgIpc) is 2.68. The number of halogens is 4. The number of carbonyl (C=O) groups is 2. The predicted molar refractivity (Wildman–Crippen MR) is 110 cm³/mol. The number of hydrogen-bond acceptors (Lipinski definition) is 4. The second kappa shape index (κ2) is 10.0. The smallest absolute Gasteiger partial charge is 0.416 e. The zero-order chi connectivity index (χ0) is 24.1. The Morgan fingerprint density at radius 1 is 1.06 bits per heavy atom. The molecule has 0 aromatic heterocycles. The van der Waals surface area contributed by atoms with Crippen LogP contribution in [-0.4, -0.2) is 30.1 Å². The molecule has 1 N–H and O–H groups in total. The van der Waals surface area contributed by atoms with E-state index in [1.54, 1.807) is 52.0 Å². The van der Waals surface area contributed by atoms with E-state index < -0.39 is 46.6 Å². The Morgan fingerprint density at radius 3 is 2.25 bits per heavy atom. The summed E-state index contributed by atoms with van der Waals surface area (Å²) in [5.74, 6) is -1.99. The number of amides is 1. The summed E-state index contributed by atoms with van der Waals surface area (Å²) in [7, 11) is 0. The van der Waals surface area contributed by atoms with Gasteiger partial charge in [-0.1, -0.05) is 12.1 Å². The Hall–Kier alpha value is -3.10. The van der Waals surface area contributed by atoms with Crippen LogP contribution in [0.2, 0.25) is 0 Å². The van der Waals surface area contributed by atoms with Crippen molar-refractivity contribution < 1.29 is 36.6 Å². The average molecular weight is 455 g/mol. The molecule has 0 saturated carbocycles. The highest BCUT2D eigenvalue weighted by atomic mass is 19.4. The Bertz CT molecular complexity index is 955. The molecule has 2 aromatic carbocycles. The quantitative estimate of drug-likeness (QED) is 0.453. The summed E-state index contributed by atoms with van der Waals surface area (Å²) in [6.07, 6.45) is -4.39. The van der Waals surface area contributed by atoms with Gasteiger partial charge in [0, 0.05) is 11.6 Å². The van der Waals surface area contributed by atoms with Crippen molar-refractivity contribution >= 4 is 11.9 Å². The predicted octanol–water partition coefficient (Wildman–Crippen LogP) is 4.93. The van der Waals surface area contributed by atoms with Gasteiger partial charge in [0.1, 0.15) is 11.6 Å². The van der Waals surface area contributed by atoms with Crippen LogP contribution >= 0.6 is 0 Å². The Kier molecular flexibility index (Phi) is 7.87. The number of benzene rings is 2. The number of alkyl halides is 3. The van der Waals surface area contributed by atoms with Gasteiger partial charge >= 0.3 is 12.1 Å². The van der Waals surface area contributed by atoms with Crippen molar-refractivity contribution in [2.24, 2.45) is 0 Å². The zero-order valence-corrected chi connectivity index (χ0v) is 18.2. The molecule has 0 saturated heterocycles. The van der Waals surface area contributed by atoms with Gasteiger partial charge in [0.15, 0.2) is 5.60 Å². The van der Waals surface area contributed by atoms with Gasteiger partial charge in [-0.3, -0.25) is 4.79 Å². The summed E-state index contributed by atoms with van der Waals surface area (Å²) in [4.78, 5) is 24.2. The minimum Gasteiger partial charge on any atom is -0.476 e. The fourth-order valence-electron chi connectivity index (χ4n) is 2.93. The number of hydrogen-bond donors (Lipinski definition) is 1. The maximum absolute atomic E-state index is 13.5. The molecule has 0 aliphatic rings. The number of carbonyl (C=O) groups excluding carboxylic acids is 2. The molecule has 174 valence electrons. The molecule has 0 heterocycles. The first-order chi connectivity index (χ1) is 14.8. The molecule has 9 heteroatoms. The summed E-state index contributed by atoms with van der Waals surface area (Å²) in [5, 5.41) is 2.57. The number of rotatable bonds is 8. The van der Waals surface area contributed by atoms with E-state index in [1.807, 2.05) is 0 Å². The van der Waals surface area contributed by atoms with E-state index >= 15 is 0 Å². The van der Waals surface area contributed by atoms with Gasteiger partial charge in [-0.15, -0.1) is 0 Å². The van der Waals surface area contributed by atoms with Crippen molar-refractivity contribution in [2.75, 3.05) is 6.61 Å². The number of esters is 1. The first-order valence-electron chi connectivity index (χ1n) is 9.95. The first-order valence-corrected chi connectivity index (χ1v) is 9.95. The SMILES string of the molecule is CCOC(=O)C(C)(C)Oc1ccc(CC(C)NC(=O)c2cc(F)cc(C(F)(F)F)c2)cc1. The van der Waals surface area contributed by atoms with Gasteiger partial charge < -0.3 is 14.8 Å². The topological polar surface area (TPSA) is 64.6 Å². The fourth-order valence-corrected chi connectivity index (χ4v) is 2.93. The molecular weight excluding hydrogens is 430 g/mol. The molecule has 0 aliphatic heterocycles. The molecule has 0 spiro atoms. The largest absolute Gasteiger partial charge is 0.476 e. The normalized spacial score (nSPS) is 12.8. The molecular formula is C23H25F4NO4. The molecule has 2 aromatic rings. The van der Waals surface area contributed by atoms with E-state index in [0.29, 0.717) is 24.3 Å². The van der Waals surface area contributed by atoms with E-state index in [4.69, 9.17) is 9.47 Å². The lowest BCUT2D eigenvalue weighted by atomic mass is 10.1. The molecule has 2 rings (SSSR count). The summed E-state index contributed by atoms with van der Waals surface area (Å²) < 4.78 is 62.7. The van der Waals surface area contributed by atoms with Crippen molar-refractivity contribution in [2.45, 2.75) is 51.9 Å². The van der Waals surface area contributed by atoms with Gasteiger partial charge in [0.25, 0.3) is 5.91 Å². The zero-order valence-electron chi connectivity index (χ0n) is 18.2. The Morgan fingerprint density at radius 2 is 1.69 bits per heavy atom. The molecule has 0 bridgehead atoms. The molecule has 32 heavy (non-hydrogen) atoms. The van der Waals surface area contributed by atoms with Gasteiger partial charge in [0.05, 0.1) is 12.2 Å². The molecule has 5 nitrogen and oxygen atoms in total. The van der Waals surface area contributed by atoms with E-state index in [1.165, 1.54) is 0 Å². The van der Waals surface area contributed by atoms with Crippen LogP contribution in [-0.2, 0) is 22.1 Å². The number of ether oxygens (including phenoxy) is 2. The second-order valence-corrected chi connectivity index (χ2v) is 7.78. The van der Waals surface area contributed by atoms with E-state index in [9.17, 15) is 27.2 Å². The third-order valence-corrected chi connectivity index (χ3v) is 4.47.